The molecule has 7 heteroatoms. The van der Waals surface area contributed by atoms with Crippen LogP contribution >= 0.6 is 0 Å². The molecular formula is C34H28N4O3. The SMILES string of the molecule is CC1=C(C#N)C(=O)N(C(C)c2ccccc2)C(=O)/C1=C/c1cn(-c2ccccc2)nc1-c1ccc2c(c1)CC(C)O2. The lowest BCUT2D eigenvalue weighted by Crippen LogP contribution is -2.44. The zero-order valence-electron chi connectivity index (χ0n) is 23.0. The molecule has 0 aliphatic carbocycles. The van der Waals surface area contributed by atoms with E-state index < -0.39 is 17.9 Å². The van der Waals surface area contributed by atoms with Crippen molar-refractivity contribution in [3.8, 4) is 28.8 Å². The van der Waals surface area contributed by atoms with Crippen LogP contribution in [0.25, 0.3) is 23.0 Å². The van der Waals surface area contributed by atoms with Gasteiger partial charge in [0.05, 0.1) is 17.4 Å². The molecular weight excluding hydrogens is 512 g/mol. The van der Waals surface area contributed by atoms with Crippen molar-refractivity contribution >= 4 is 17.9 Å². The van der Waals surface area contributed by atoms with Gasteiger partial charge in [-0.05, 0) is 73.9 Å². The van der Waals surface area contributed by atoms with Gasteiger partial charge in [0.2, 0.25) is 0 Å². The van der Waals surface area contributed by atoms with E-state index in [0.717, 1.165) is 34.5 Å². The smallest absolute Gasteiger partial charge is 0.272 e. The summed E-state index contributed by atoms with van der Waals surface area (Å²) >= 11 is 0. The number of rotatable bonds is 5. The highest BCUT2D eigenvalue weighted by atomic mass is 16.5. The fraction of sp³-hybridized carbons (Fsp3) is 0.176. The highest BCUT2D eigenvalue weighted by Gasteiger charge is 2.39. The van der Waals surface area contributed by atoms with Crippen molar-refractivity contribution in [2.75, 3.05) is 0 Å². The molecule has 2 aliphatic heterocycles. The summed E-state index contributed by atoms with van der Waals surface area (Å²) in [5.41, 5.74) is 5.64. The number of carbonyl (C=O) groups excluding carboxylic acids is 2. The largest absolute Gasteiger partial charge is 0.490 e. The van der Waals surface area contributed by atoms with E-state index >= 15 is 0 Å². The van der Waals surface area contributed by atoms with Gasteiger partial charge in [0.25, 0.3) is 11.8 Å². The van der Waals surface area contributed by atoms with Crippen molar-refractivity contribution in [2.45, 2.75) is 39.3 Å². The van der Waals surface area contributed by atoms with Crippen LogP contribution in [0.4, 0.5) is 0 Å². The number of para-hydroxylation sites is 1. The van der Waals surface area contributed by atoms with Crippen molar-refractivity contribution in [1.82, 2.24) is 14.7 Å². The number of hydrogen-bond donors (Lipinski definition) is 0. The molecule has 0 N–H and O–H groups in total. The first-order valence-corrected chi connectivity index (χ1v) is 13.6. The molecule has 0 fully saturated rings. The average Bonchev–Trinajstić information content (AvgIpc) is 3.58. The molecule has 3 aromatic carbocycles. The summed E-state index contributed by atoms with van der Waals surface area (Å²) in [7, 11) is 0. The summed E-state index contributed by atoms with van der Waals surface area (Å²) < 4.78 is 7.68. The molecule has 0 bridgehead atoms. The predicted molar refractivity (Wildman–Crippen MR) is 156 cm³/mol. The second-order valence-corrected chi connectivity index (χ2v) is 10.4. The second kappa shape index (κ2) is 10.4. The topological polar surface area (TPSA) is 88.2 Å². The van der Waals surface area contributed by atoms with Crippen LogP contribution in [0.2, 0.25) is 0 Å². The molecule has 0 radical (unpaired) electrons. The zero-order chi connectivity index (χ0) is 28.7. The number of aromatic nitrogens is 2. The molecule has 202 valence electrons. The third-order valence-corrected chi connectivity index (χ3v) is 7.67. The van der Waals surface area contributed by atoms with Crippen LogP contribution in [0.3, 0.4) is 0 Å². The van der Waals surface area contributed by atoms with E-state index in [1.54, 1.807) is 24.6 Å². The zero-order valence-corrected chi connectivity index (χ0v) is 23.0. The molecule has 41 heavy (non-hydrogen) atoms. The number of ether oxygens (including phenoxy) is 1. The van der Waals surface area contributed by atoms with Gasteiger partial charge in [-0.1, -0.05) is 48.5 Å². The van der Waals surface area contributed by atoms with E-state index in [4.69, 9.17) is 9.84 Å². The molecule has 2 aliphatic rings. The van der Waals surface area contributed by atoms with E-state index in [1.165, 1.54) is 4.90 Å². The van der Waals surface area contributed by atoms with E-state index in [9.17, 15) is 14.9 Å². The number of hydrogen-bond acceptors (Lipinski definition) is 5. The van der Waals surface area contributed by atoms with Crippen LogP contribution in [0.1, 0.15) is 43.5 Å². The van der Waals surface area contributed by atoms with E-state index in [1.807, 2.05) is 92.0 Å². The third kappa shape index (κ3) is 4.64. The maximum atomic E-state index is 14.0. The van der Waals surface area contributed by atoms with E-state index in [0.29, 0.717) is 16.8 Å². The van der Waals surface area contributed by atoms with Gasteiger partial charge in [0.1, 0.15) is 23.5 Å². The summed E-state index contributed by atoms with van der Waals surface area (Å²) in [5.74, 6) is -0.165. The normalized spacial score (nSPS) is 18.3. The first-order valence-electron chi connectivity index (χ1n) is 13.6. The van der Waals surface area contributed by atoms with Crippen molar-refractivity contribution in [2.24, 2.45) is 0 Å². The molecule has 0 spiro atoms. The number of nitriles is 1. The third-order valence-electron chi connectivity index (χ3n) is 7.67. The fourth-order valence-electron chi connectivity index (χ4n) is 5.49. The lowest BCUT2D eigenvalue weighted by Gasteiger charge is -2.32. The monoisotopic (exact) mass is 540 g/mol. The van der Waals surface area contributed by atoms with Gasteiger partial charge in [-0.25, -0.2) is 4.68 Å². The van der Waals surface area contributed by atoms with Crippen molar-refractivity contribution < 1.29 is 14.3 Å². The Bertz CT molecular complexity index is 1780. The van der Waals surface area contributed by atoms with Crippen molar-refractivity contribution in [1.29, 1.82) is 5.26 Å². The quantitative estimate of drug-likeness (QED) is 0.222. The molecule has 6 rings (SSSR count). The van der Waals surface area contributed by atoms with Gasteiger partial charge in [-0.15, -0.1) is 0 Å². The Balaban J connectivity index is 1.51. The molecule has 7 nitrogen and oxygen atoms in total. The van der Waals surface area contributed by atoms with Crippen molar-refractivity contribution in [3.63, 3.8) is 0 Å². The van der Waals surface area contributed by atoms with Crippen LogP contribution in [0.15, 0.2) is 102 Å². The molecule has 0 saturated heterocycles. The van der Waals surface area contributed by atoms with Crippen LogP contribution in [-0.2, 0) is 16.0 Å². The van der Waals surface area contributed by atoms with Gasteiger partial charge >= 0.3 is 0 Å². The average molecular weight is 541 g/mol. The predicted octanol–water partition coefficient (Wildman–Crippen LogP) is 6.22. The molecule has 1 aromatic heterocycles. The number of carbonyl (C=O) groups is 2. The summed E-state index contributed by atoms with van der Waals surface area (Å²) in [6.07, 6.45) is 4.54. The van der Waals surface area contributed by atoms with Gasteiger partial charge in [-0.3, -0.25) is 14.5 Å². The Labute approximate surface area is 238 Å². The lowest BCUT2D eigenvalue weighted by molar-refractivity contribution is -0.143. The number of imide groups is 1. The summed E-state index contributed by atoms with van der Waals surface area (Å²) in [5, 5.41) is 14.9. The van der Waals surface area contributed by atoms with Crippen molar-refractivity contribution in [3.05, 3.63) is 118 Å². The van der Waals surface area contributed by atoms with Gasteiger partial charge < -0.3 is 4.74 Å². The van der Waals surface area contributed by atoms with Crippen LogP contribution < -0.4 is 4.74 Å². The summed E-state index contributed by atoms with van der Waals surface area (Å²) in [6.45, 7) is 5.49. The van der Waals surface area contributed by atoms with Crippen LogP contribution in [-0.4, -0.2) is 32.6 Å². The maximum absolute atomic E-state index is 14.0. The van der Waals surface area contributed by atoms with Gasteiger partial charge in [0.15, 0.2) is 0 Å². The molecule has 4 aromatic rings. The number of fused-ring (bicyclic) bond motifs is 1. The van der Waals surface area contributed by atoms with Gasteiger partial charge in [0, 0.05) is 29.3 Å². The standard InChI is InChI=1S/C34H28N4O3/c1-21-16-26-17-25(14-15-31(26)41-21)32-27(20-37(36-32)28-12-8-5-9-13-28)18-29-22(2)30(19-35)34(40)38(33(29)39)23(3)24-10-6-4-7-11-24/h4-15,17-18,20-21,23H,16H2,1-3H3/b29-18+. The first kappa shape index (κ1) is 26.0. The molecule has 2 atom stereocenters. The number of benzene rings is 3. The number of amides is 2. The Morgan fingerprint density at radius 2 is 1.73 bits per heavy atom. The lowest BCUT2D eigenvalue weighted by atomic mass is 9.91. The second-order valence-electron chi connectivity index (χ2n) is 10.4. The van der Waals surface area contributed by atoms with E-state index in [-0.39, 0.29) is 17.3 Å². The van der Waals surface area contributed by atoms with Crippen LogP contribution in [0.5, 0.6) is 5.75 Å². The maximum Gasteiger partial charge on any atom is 0.272 e. The highest BCUT2D eigenvalue weighted by Crippen LogP contribution is 2.37. The Morgan fingerprint density at radius 1 is 1.02 bits per heavy atom. The molecule has 2 amide bonds. The fourth-order valence-corrected chi connectivity index (χ4v) is 5.49. The molecule has 3 heterocycles. The first-order chi connectivity index (χ1) is 19.9. The van der Waals surface area contributed by atoms with Crippen LogP contribution in [0, 0.1) is 11.3 Å². The Hall–Kier alpha value is -5.22. The summed E-state index contributed by atoms with van der Waals surface area (Å²) in [6, 6.07) is 26.6. The Morgan fingerprint density at radius 3 is 2.44 bits per heavy atom. The van der Waals surface area contributed by atoms with E-state index in [2.05, 4.69) is 6.07 Å². The minimum absolute atomic E-state index is 0.0423. The molecule has 0 saturated carbocycles. The van der Waals surface area contributed by atoms with Gasteiger partial charge in [-0.2, -0.15) is 10.4 Å². The minimum Gasteiger partial charge on any atom is -0.490 e. The molecule has 2 unspecified atom stereocenters. The minimum atomic E-state index is -0.587. The number of nitrogens with zero attached hydrogens (tertiary/aromatic N) is 4. The Kier molecular flexibility index (Phi) is 6.60. The highest BCUT2D eigenvalue weighted by molar-refractivity contribution is 6.20. The summed E-state index contributed by atoms with van der Waals surface area (Å²) in [4.78, 5) is 28.5.